The molecule has 1 fully saturated rings. The van der Waals surface area contributed by atoms with Gasteiger partial charge >= 0.3 is 5.97 Å². The number of carbonyl (C=O) groups is 2. The van der Waals surface area contributed by atoms with E-state index in [1.165, 1.54) is 4.90 Å². The molecule has 0 aromatic carbocycles. The standard InChI is InChI=1S/C11H12N2O3/c14-10-2-1-9(11(15)16)13(10)7-8-3-5-12-6-4-8/h3-6,9H,1-2,7H2,(H,15,16)/t9-/m0/s1. The second-order valence-electron chi connectivity index (χ2n) is 3.77. The topological polar surface area (TPSA) is 70.5 Å². The Labute approximate surface area is 92.7 Å². The molecular weight excluding hydrogens is 208 g/mol. The number of hydrogen-bond donors (Lipinski definition) is 1. The van der Waals surface area contributed by atoms with Crippen molar-refractivity contribution < 1.29 is 14.7 Å². The van der Waals surface area contributed by atoms with E-state index in [0.717, 1.165) is 5.56 Å². The van der Waals surface area contributed by atoms with Crippen molar-refractivity contribution in [3.63, 3.8) is 0 Å². The molecule has 1 aromatic heterocycles. The lowest BCUT2D eigenvalue weighted by atomic mass is 10.2. The van der Waals surface area contributed by atoms with E-state index in [1.807, 2.05) is 0 Å². The van der Waals surface area contributed by atoms with Gasteiger partial charge < -0.3 is 10.0 Å². The zero-order valence-electron chi connectivity index (χ0n) is 8.67. The fourth-order valence-electron chi connectivity index (χ4n) is 1.87. The van der Waals surface area contributed by atoms with Crippen LogP contribution in [0.25, 0.3) is 0 Å². The van der Waals surface area contributed by atoms with Gasteiger partial charge in [0.25, 0.3) is 0 Å². The average Bonchev–Trinajstić information content (AvgIpc) is 2.62. The van der Waals surface area contributed by atoms with Crippen molar-refractivity contribution in [1.82, 2.24) is 9.88 Å². The lowest BCUT2D eigenvalue weighted by Crippen LogP contribution is -2.37. The monoisotopic (exact) mass is 220 g/mol. The molecule has 1 aromatic rings. The van der Waals surface area contributed by atoms with Crippen LogP contribution in [0.5, 0.6) is 0 Å². The van der Waals surface area contributed by atoms with Crippen LogP contribution >= 0.6 is 0 Å². The molecule has 1 atom stereocenters. The number of aliphatic carboxylic acids is 1. The molecule has 84 valence electrons. The molecule has 1 aliphatic rings. The summed E-state index contributed by atoms with van der Waals surface area (Å²) >= 11 is 0. The largest absolute Gasteiger partial charge is 0.480 e. The van der Waals surface area contributed by atoms with E-state index in [2.05, 4.69) is 4.98 Å². The molecule has 0 saturated carbocycles. The van der Waals surface area contributed by atoms with Gasteiger partial charge in [0, 0.05) is 25.4 Å². The van der Waals surface area contributed by atoms with E-state index in [9.17, 15) is 9.59 Å². The van der Waals surface area contributed by atoms with Gasteiger partial charge in [-0.3, -0.25) is 9.78 Å². The van der Waals surface area contributed by atoms with E-state index in [0.29, 0.717) is 19.4 Å². The summed E-state index contributed by atoms with van der Waals surface area (Å²) in [5.74, 6) is -1.02. The maximum absolute atomic E-state index is 11.5. The molecule has 1 N–H and O–H groups in total. The first-order valence-corrected chi connectivity index (χ1v) is 5.09. The van der Waals surface area contributed by atoms with Crippen LogP contribution in [0.1, 0.15) is 18.4 Å². The lowest BCUT2D eigenvalue weighted by molar-refractivity contribution is -0.146. The van der Waals surface area contributed by atoms with E-state index < -0.39 is 12.0 Å². The van der Waals surface area contributed by atoms with Crippen LogP contribution in [0, 0.1) is 0 Å². The number of pyridine rings is 1. The van der Waals surface area contributed by atoms with Gasteiger partial charge in [-0.05, 0) is 24.1 Å². The van der Waals surface area contributed by atoms with Gasteiger partial charge in [-0.15, -0.1) is 0 Å². The van der Waals surface area contributed by atoms with Gasteiger partial charge in [0.05, 0.1) is 0 Å². The Balaban J connectivity index is 2.13. The number of hydrogen-bond acceptors (Lipinski definition) is 3. The normalized spacial score (nSPS) is 20.1. The van der Waals surface area contributed by atoms with E-state index in [-0.39, 0.29) is 5.91 Å². The number of carboxylic acid groups (broad SMARTS) is 1. The fraction of sp³-hybridized carbons (Fsp3) is 0.364. The number of likely N-dealkylation sites (tertiary alicyclic amines) is 1. The summed E-state index contributed by atoms with van der Waals surface area (Å²) in [5.41, 5.74) is 0.900. The van der Waals surface area contributed by atoms with Gasteiger partial charge in [0.2, 0.25) is 5.91 Å². The third-order valence-corrected chi connectivity index (χ3v) is 2.72. The molecule has 0 unspecified atom stereocenters. The number of nitrogens with zero attached hydrogens (tertiary/aromatic N) is 2. The molecule has 2 rings (SSSR count). The molecule has 0 spiro atoms. The first kappa shape index (κ1) is 10.6. The van der Waals surface area contributed by atoms with Crippen LogP contribution in [-0.2, 0) is 16.1 Å². The highest BCUT2D eigenvalue weighted by Crippen LogP contribution is 2.21. The molecule has 0 bridgehead atoms. The van der Waals surface area contributed by atoms with Gasteiger partial charge in [0.15, 0.2) is 0 Å². The zero-order chi connectivity index (χ0) is 11.5. The third kappa shape index (κ3) is 2.03. The quantitative estimate of drug-likeness (QED) is 0.812. The van der Waals surface area contributed by atoms with E-state index >= 15 is 0 Å². The number of aromatic nitrogens is 1. The summed E-state index contributed by atoms with van der Waals surface area (Å²) in [6.07, 6.45) is 3.98. The van der Waals surface area contributed by atoms with Crippen LogP contribution in [0.2, 0.25) is 0 Å². The SMILES string of the molecule is O=C(O)[C@@H]1CCC(=O)N1Cc1ccncc1. The smallest absolute Gasteiger partial charge is 0.326 e. The molecule has 1 amide bonds. The predicted octanol–water partition coefficient (Wildman–Crippen LogP) is 0.657. The molecular formula is C11H12N2O3. The minimum absolute atomic E-state index is 0.0933. The molecule has 1 saturated heterocycles. The summed E-state index contributed by atoms with van der Waals surface area (Å²) in [6, 6.07) is 2.88. The van der Waals surface area contributed by atoms with Crippen molar-refractivity contribution in [3.05, 3.63) is 30.1 Å². The molecule has 0 radical (unpaired) electrons. The first-order valence-electron chi connectivity index (χ1n) is 5.09. The second kappa shape index (κ2) is 4.30. The maximum atomic E-state index is 11.5. The summed E-state index contributed by atoms with van der Waals surface area (Å²) in [4.78, 5) is 27.8. The van der Waals surface area contributed by atoms with Crippen LogP contribution < -0.4 is 0 Å². The molecule has 5 nitrogen and oxygen atoms in total. The fourth-order valence-corrected chi connectivity index (χ4v) is 1.87. The Morgan fingerprint density at radius 3 is 2.81 bits per heavy atom. The van der Waals surface area contributed by atoms with Crippen molar-refractivity contribution in [1.29, 1.82) is 0 Å². The maximum Gasteiger partial charge on any atom is 0.326 e. The molecule has 16 heavy (non-hydrogen) atoms. The van der Waals surface area contributed by atoms with Crippen LogP contribution in [0.4, 0.5) is 0 Å². The Bertz CT molecular complexity index is 405. The van der Waals surface area contributed by atoms with Gasteiger partial charge in [-0.1, -0.05) is 0 Å². The predicted molar refractivity (Wildman–Crippen MR) is 55.4 cm³/mol. The van der Waals surface area contributed by atoms with Crippen molar-refractivity contribution in [2.24, 2.45) is 0 Å². The van der Waals surface area contributed by atoms with Crippen LogP contribution in [-0.4, -0.2) is 32.9 Å². The summed E-state index contributed by atoms with van der Waals surface area (Å²) in [6.45, 7) is 0.346. The van der Waals surface area contributed by atoms with Gasteiger partial charge in [0.1, 0.15) is 6.04 Å². The molecule has 2 heterocycles. The highest BCUT2D eigenvalue weighted by molar-refractivity contribution is 5.87. The first-order chi connectivity index (χ1) is 7.68. The summed E-state index contributed by atoms with van der Waals surface area (Å²) in [7, 11) is 0. The van der Waals surface area contributed by atoms with E-state index in [4.69, 9.17) is 5.11 Å². The number of carboxylic acids is 1. The number of amides is 1. The van der Waals surface area contributed by atoms with E-state index in [1.54, 1.807) is 24.5 Å². The minimum atomic E-state index is -0.931. The minimum Gasteiger partial charge on any atom is -0.480 e. The molecule has 0 aliphatic carbocycles. The number of rotatable bonds is 3. The Kier molecular flexibility index (Phi) is 2.85. The van der Waals surface area contributed by atoms with Crippen LogP contribution in [0.3, 0.4) is 0 Å². The number of carbonyl (C=O) groups excluding carboxylic acids is 1. The van der Waals surface area contributed by atoms with Crippen molar-refractivity contribution in [2.75, 3.05) is 0 Å². The van der Waals surface area contributed by atoms with Gasteiger partial charge in [-0.2, -0.15) is 0 Å². The second-order valence-corrected chi connectivity index (χ2v) is 3.77. The third-order valence-electron chi connectivity index (χ3n) is 2.72. The van der Waals surface area contributed by atoms with Crippen molar-refractivity contribution in [3.8, 4) is 0 Å². The summed E-state index contributed by atoms with van der Waals surface area (Å²) in [5, 5.41) is 8.97. The van der Waals surface area contributed by atoms with Crippen molar-refractivity contribution >= 4 is 11.9 Å². The summed E-state index contributed by atoms with van der Waals surface area (Å²) < 4.78 is 0. The average molecular weight is 220 g/mol. The Morgan fingerprint density at radius 1 is 1.50 bits per heavy atom. The van der Waals surface area contributed by atoms with Crippen molar-refractivity contribution in [2.45, 2.75) is 25.4 Å². The van der Waals surface area contributed by atoms with Gasteiger partial charge in [-0.25, -0.2) is 4.79 Å². The molecule has 1 aliphatic heterocycles. The van der Waals surface area contributed by atoms with Crippen LogP contribution in [0.15, 0.2) is 24.5 Å². The Hall–Kier alpha value is -1.91. The lowest BCUT2D eigenvalue weighted by Gasteiger charge is -2.21. The Morgan fingerprint density at radius 2 is 2.19 bits per heavy atom. The zero-order valence-corrected chi connectivity index (χ0v) is 8.67. The highest BCUT2D eigenvalue weighted by atomic mass is 16.4. The molecule has 5 heteroatoms. The highest BCUT2D eigenvalue weighted by Gasteiger charge is 2.35.